The molecule has 3 aromatic rings. The van der Waals surface area contributed by atoms with Crippen LogP contribution in [-0.4, -0.2) is 11.9 Å². The summed E-state index contributed by atoms with van der Waals surface area (Å²) in [6.07, 6.45) is 5.79. The van der Waals surface area contributed by atoms with E-state index in [1.807, 2.05) is 36.4 Å². The van der Waals surface area contributed by atoms with Crippen molar-refractivity contribution in [2.75, 3.05) is 0 Å². The number of aryl methyl sites for hydroxylation is 2. The zero-order valence-electron chi connectivity index (χ0n) is 18.8. The first kappa shape index (κ1) is 23.3. The minimum atomic E-state index is -0.569. The molecule has 0 N–H and O–H groups in total. The fourth-order valence-corrected chi connectivity index (χ4v) is 3.50. The molecule has 0 heterocycles. The van der Waals surface area contributed by atoms with Gasteiger partial charge in [-0.05, 0) is 61.1 Å². The number of esters is 2. The van der Waals surface area contributed by atoms with E-state index in [0.717, 1.165) is 49.7 Å². The van der Waals surface area contributed by atoms with Crippen molar-refractivity contribution >= 4 is 11.9 Å². The van der Waals surface area contributed by atoms with Gasteiger partial charge < -0.3 is 9.47 Å². The molecule has 0 spiro atoms. The Morgan fingerprint density at radius 2 is 0.969 bits per heavy atom. The average Bonchev–Trinajstić information content (AvgIpc) is 2.83. The normalized spacial score (nSPS) is 10.6. The molecule has 0 aromatic heterocycles. The van der Waals surface area contributed by atoms with Gasteiger partial charge in [0.1, 0.15) is 11.5 Å². The van der Waals surface area contributed by atoms with Gasteiger partial charge in [0.25, 0.3) is 0 Å². The molecule has 0 aliphatic carbocycles. The summed E-state index contributed by atoms with van der Waals surface area (Å²) in [5.74, 6) is -0.0837. The van der Waals surface area contributed by atoms with E-state index in [4.69, 9.17) is 9.47 Å². The molecule has 32 heavy (non-hydrogen) atoms. The Labute approximate surface area is 190 Å². The fraction of sp³-hybridized carbons (Fsp3) is 0.286. The van der Waals surface area contributed by atoms with Gasteiger partial charge in [-0.2, -0.15) is 0 Å². The Morgan fingerprint density at radius 1 is 0.594 bits per heavy atom. The number of para-hydroxylation sites is 2. The molecule has 3 rings (SSSR count). The molecule has 0 amide bonds. The van der Waals surface area contributed by atoms with Crippen molar-refractivity contribution in [1.29, 1.82) is 0 Å². The Balaban J connectivity index is 1.81. The van der Waals surface area contributed by atoms with Crippen LogP contribution in [0.25, 0.3) is 0 Å². The van der Waals surface area contributed by atoms with Gasteiger partial charge in [-0.3, -0.25) is 0 Å². The minimum Gasteiger partial charge on any atom is -0.423 e. The molecule has 4 nitrogen and oxygen atoms in total. The van der Waals surface area contributed by atoms with E-state index < -0.39 is 11.9 Å². The van der Waals surface area contributed by atoms with Crippen molar-refractivity contribution in [2.24, 2.45) is 0 Å². The van der Waals surface area contributed by atoms with Crippen LogP contribution >= 0.6 is 0 Å². The fourth-order valence-electron chi connectivity index (χ4n) is 3.50. The van der Waals surface area contributed by atoms with Gasteiger partial charge in [0, 0.05) is 0 Å². The first-order chi connectivity index (χ1) is 15.6. The molecule has 0 saturated carbocycles. The van der Waals surface area contributed by atoms with Gasteiger partial charge >= 0.3 is 11.9 Å². The summed E-state index contributed by atoms with van der Waals surface area (Å²) in [4.78, 5) is 26.0. The number of hydrogen-bond acceptors (Lipinski definition) is 4. The van der Waals surface area contributed by atoms with Crippen LogP contribution in [0.2, 0.25) is 0 Å². The predicted molar refractivity (Wildman–Crippen MR) is 126 cm³/mol. The van der Waals surface area contributed by atoms with Crippen molar-refractivity contribution in [3.05, 3.63) is 95.1 Å². The quantitative estimate of drug-likeness (QED) is 0.262. The van der Waals surface area contributed by atoms with Crippen molar-refractivity contribution < 1.29 is 19.1 Å². The summed E-state index contributed by atoms with van der Waals surface area (Å²) in [6, 6.07) is 21.7. The van der Waals surface area contributed by atoms with Crippen LogP contribution in [0, 0.1) is 0 Å². The van der Waals surface area contributed by atoms with Gasteiger partial charge in [0.05, 0.1) is 11.1 Å². The molecule has 0 aliphatic rings. The maximum atomic E-state index is 13.0. The average molecular weight is 431 g/mol. The van der Waals surface area contributed by atoms with Gasteiger partial charge in [-0.25, -0.2) is 9.59 Å². The van der Waals surface area contributed by atoms with Crippen LogP contribution in [0.5, 0.6) is 11.5 Å². The second kappa shape index (κ2) is 11.8. The highest BCUT2D eigenvalue weighted by Crippen LogP contribution is 2.24. The molecule has 4 heteroatoms. The van der Waals surface area contributed by atoms with Crippen molar-refractivity contribution in [1.82, 2.24) is 0 Å². The minimum absolute atomic E-state index is 0.189. The van der Waals surface area contributed by atoms with Crippen LogP contribution in [0.1, 0.15) is 71.4 Å². The van der Waals surface area contributed by atoms with Gasteiger partial charge in [-0.1, -0.05) is 75.2 Å². The van der Waals surface area contributed by atoms with Crippen LogP contribution < -0.4 is 9.47 Å². The Morgan fingerprint density at radius 3 is 1.38 bits per heavy atom. The van der Waals surface area contributed by atoms with E-state index in [1.54, 1.807) is 36.4 Å². The van der Waals surface area contributed by atoms with Gasteiger partial charge in [-0.15, -0.1) is 0 Å². The molecular weight excluding hydrogens is 400 g/mol. The monoisotopic (exact) mass is 430 g/mol. The van der Waals surface area contributed by atoms with Crippen LogP contribution in [-0.2, 0) is 12.8 Å². The molecule has 0 bridgehead atoms. The molecule has 0 unspecified atom stereocenters. The summed E-state index contributed by atoms with van der Waals surface area (Å²) >= 11 is 0. The van der Waals surface area contributed by atoms with E-state index in [2.05, 4.69) is 13.8 Å². The van der Waals surface area contributed by atoms with E-state index >= 15 is 0 Å². The zero-order valence-corrected chi connectivity index (χ0v) is 18.8. The number of carbonyl (C=O) groups is 2. The Bertz CT molecular complexity index is 970. The number of hydrogen-bond donors (Lipinski definition) is 0. The molecular formula is C28H30O4. The van der Waals surface area contributed by atoms with E-state index in [9.17, 15) is 9.59 Å². The molecule has 0 aliphatic heterocycles. The highest BCUT2D eigenvalue weighted by molar-refractivity contribution is 6.04. The van der Waals surface area contributed by atoms with Crippen molar-refractivity contribution in [2.45, 2.75) is 52.4 Å². The van der Waals surface area contributed by atoms with E-state index in [-0.39, 0.29) is 11.1 Å². The molecule has 0 saturated heterocycles. The number of rotatable bonds is 10. The summed E-state index contributed by atoms with van der Waals surface area (Å²) < 4.78 is 11.4. The van der Waals surface area contributed by atoms with Crippen molar-refractivity contribution in [3.63, 3.8) is 0 Å². The lowest BCUT2D eigenvalue weighted by atomic mass is 10.1. The number of carbonyl (C=O) groups excluding carboxylic acids is 2. The smallest absolute Gasteiger partial charge is 0.344 e. The summed E-state index contributed by atoms with van der Waals surface area (Å²) in [6.45, 7) is 4.24. The first-order valence-corrected chi connectivity index (χ1v) is 11.3. The van der Waals surface area contributed by atoms with Crippen LogP contribution in [0.3, 0.4) is 0 Å². The lowest BCUT2D eigenvalue weighted by Gasteiger charge is -2.13. The molecule has 0 atom stereocenters. The second-order valence-electron chi connectivity index (χ2n) is 7.75. The predicted octanol–water partition coefficient (Wildman–Crippen LogP) is 6.81. The third-order valence-corrected chi connectivity index (χ3v) is 5.32. The van der Waals surface area contributed by atoms with Crippen LogP contribution in [0.4, 0.5) is 0 Å². The maximum Gasteiger partial charge on any atom is 0.344 e. The molecule has 0 fully saturated rings. The highest BCUT2D eigenvalue weighted by Gasteiger charge is 2.21. The third kappa shape index (κ3) is 6.07. The van der Waals surface area contributed by atoms with E-state index in [0.29, 0.717) is 11.5 Å². The maximum absolute atomic E-state index is 13.0. The standard InChI is InChI=1S/C28H30O4/c1-3-5-13-21-15-7-11-19-25(21)31-27(29)23-17-9-10-18-24(23)28(30)32-26-20-12-8-16-22(26)14-6-4-2/h7-12,15-20H,3-6,13-14H2,1-2H3. The van der Waals surface area contributed by atoms with Gasteiger partial charge in [0.15, 0.2) is 0 Å². The summed E-state index contributed by atoms with van der Waals surface area (Å²) in [5, 5.41) is 0. The lowest BCUT2D eigenvalue weighted by molar-refractivity contribution is 0.0690. The number of benzene rings is 3. The molecule has 0 radical (unpaired) electrons. The third-order valence-electron chi connectivity index (χ3n) is 5.32. The SMILES string of the molecule is CCCCc1ccccc1OC(=O)c1ccccc1C(=O)Oc1ccccc1CCCC. The molecule has 166 valence electrons. The Hall–Kier alpha value is -3.40. The zero-order chi connectivity index (χ0) is 22.8. The largest absolute Gasteiger partial charge is 0.423 e. The topological polar surface area (TPSA) is 52.6 Å². The lowest BCUT2D eigenvalue weighted by Crippen LogP contribution is -2.18. The van der Waals surface area contributed by atoms with Crippen LogP contribution in [0.15, 0.2) is 72.8 Å². The van der Waals surface area contributed by atoms with Gasteiger partial charge in [0.2, 0.25) is 0 Å². The first-order valence-electron chi connectivity index (χ1n) is 11.3. The van der Waals surface area contributed by atoms with E-state index in [1.165, 1.54) is 0 Å². The molecule has 3 aromatic carbocycles. The van der Waals surface area contributed by atoms with Crippen molar-refractivity contribution in [3.8, 4) is 11.5 Å². The summed E-state index contributed by atoms with van der Waals surface area (Å²) in [7, 11) is 0. The second-order valence-corrected chi connectivity index (χ2v) is 7.75. The Kier molecular flexibility index (Phi) is 8.61. The number of ether oxygens (including phenoxy) is 2. The number of unbranched alkanes of at least 4 members (excludes halogenated alkanes) is 2. The summed E-state index contributed by atoms with van der Waals surface area (Å²) in [5.41, 5.74) is 2.34. The highest BCUT2D eigenvalue weighted by atomic mass is 16.5.